The summed E-state index contributed by atoms with van der Waals surface area (Å²) in [6.45, 7) is 3.69. The summed E-state index contributed by atoms with van der Waals surface area (Å²) in [5, 5.41) is 1.55. The van der Waals surface area contributed by atoms with E-state index in [0.717, 1.165) is 4.90 Å². The van der Waals surface area contributed by atoms with Crippen LogP contribution in [0.4, 0.5) is 4.39 Å². The van der Waals surface area contributed by atoms with Gasteiger partial charge in [-0.05, 0) is 68.7 Å². The highest BCUT2D eigenvalue weighted by atomic mass is 32.2. The van der Waals surface area contributed by atoms with Gasteiger partial charge in [-0.1, -0.05) is 18.6 Å². The van der Waals surface area contributed by atoms with Crippen LogP contribution in [0.3, 0.4) is 0 Å². The van der Waals surface area contributed by atoms with Gasteiger partial charge in [0.1, 0.15) is 11.9 Å². The van der Waals surface area contributed by atoms with Gasteiger partial charge in [0.2, 0.25) is 21.8 Å². The Morgan fingerprint density at radius 2 is 1.68 bits per heavy atom. The first-order chi connectivity index (χ1) is 19.0. The number of ketones is 1. The Kier molecular flexibility index (Phi) is 10.9. The summed E-state index contributed by atoms with van der Waals surface area (Å²) in [4.78, 5) is 49.8. The topological polar surface area (TPSA) is 139 Å². The number of amides is 2. The zero-order valence-electron chi connectivity index (χ0n) is 22.5. The number of ether oxygens (including phenoxy) is 1. The molecule has 0 radical (unpaired) electrons. The van der Waals surface area contributed by atoms with E-state index < -0.39 is 45.0 Å². The molecule has 1 heterocycles. The third-order valence-corrected chi connectivity index (χ3v) is 8.25. The molecule has 2 N–H and O–H groups in total. The summed E-state index contributed by atoms with van der Waals surface area (Å²) < 4.78 is 46.1. The fraction of sp³-hybridized carbons (Fsp3) is 0.429. The lowest BCUT2D eigenvalue weighted by atomic mass is 10.0. The molecule has 1 fully saturated rings. The number of halogens is 1. The minimum atomic E-state index is -3.95. The molecule has 0 aliphatic carbocycles. The number of β-lactam (4-membered cyclic amide) rings is 1. The molecular weight excluding hydrogens is 541 g/mol. The molecule has 3 rings (SSSR count). The molecule has 0 bridgehead atoms. The van der Waals surface area contributed by atoms with Crippen LogP contribution in [0.5, 0.6) is 0 Å². The summed E-state index contributed by atoms with van der Waals surface area (Å²) in [6.07, 6.45) is 1.95. The molecule has 1 saturated heterocycles. The van der Waals surface area contributed by atoms with Crippen molar-refractivity contribution < 1.29 is 36.7 Å². The number of esters is 1. The molecule has 0 aromatic heterocycles. The van der Waals surface area contributed by atoms with Crippen LogP contribution in [0.1, 0.15) is 72.2 Å². The molecule has 2 atom stereocenters. The van der Waals surface area contributed by atoms with Gasteiger partial charge >= 0.3 is 5.97 Å². The standard InChI is InChI=1S/C28H34FN3O7S/c1-3-39-28(36)22-10-8-20(9-11-22)18-31-40(37,38)26-17-25(34)32(26)19(2)27(35)30-16-6-4-5-7-24(33)21-12-14-23(29)15-13-21/h8-15,19,26,31H,3-7,16-18H2,1-2H3,(H,30,35). The lowest BCUT2D eigenvalue weighted by Crippen LogP contribution is -2.64. The summed E-state index contributed by atoms with van der Waals surface area (Å²) in [6, 6.07) is 10.7. The van der Waals surface area contributed by atoms with E-state index in [2.05, 4.69) is 10.0 Å². The maximum atomic E-state index is 13.0. The Balaban J connectivity index is 1.41. The summed E-state index contributed by atoms with van der Waals surface area (Å²) in [5.74, 6) is -1.85. The van der Waals surface area contributed by atoms with Crippen LogP contribution >= 0.6 is 0 Å². The van der Waals surface area contributed by atoms with Crippen LogP contribution in [-0.4, -0.2) is 61.5 Å². The number of carbonyl (C=O) groups excluding carboxylic acids is 4. The van der Waals surface area contributed by atoms with Gasteiger partial charge in [0.15, 0.2) is 11.2 Å². The molecule has 1 aliphatic heterocycles. The molecular formula is C28H34FN3O7S. The second kappa shape index (κ2) is 14.1. The summed E-state index contributed by atoms with van der Waals surface area (Å²) in [5.41, 5.74) is 1.41. The predicted octanol–water partition coefficient (Wildman–Crippen LogP) is 2.93. The second-order valence-corrected chi connectivity index (χ2v) is 11.4. The van der Waals surface area contributed by atoms with Crippen LogP contribution in [0.2, 0.25) is 0 Å². The number of Topliss-reactive ketones (excluding diaryl/α,β-unsaturated/α-hetero) is 1. The SMILES string of the molecule is CCOC(=O)c1ccc(CNS(=O)(=O)C2CC(=O)N2C(C)C(=O)NCCCCCC(=O)c2ccc(F)cc2)cc1. The van der Waals surface area contributed by atoms with E-state index in [1.54, 1.807) is 19.1 Å². The number of nitrogens with one attached hydrogen (secondary N) is 2. The number of benzene rings is 2. The van der Waals surface area contributed by atoms with Crippen LogP contribution in [0.15, 0.2) is 48.5 Å². The molecule has 216 valence electrons. The number of rotatable bonds is 15. The Morgan fingerprint density at radius 1 is 1.02 bits per heavy atom. The largest absolute Gasteiger partial charge is 0.462 e. The van der Waals surface area contributed by atoms with Crippen LogP contribution in [-0.2, 0) is 30.9 Å². The zero-order valence-corrected chi connectivity index (χ0v) is 23.3. The molecule has 40 heavy (non-hydrogen) atoms. The number of carbonyl (C=O) groups is 4. The van der Waals surface area contributed by atoms with Gasteiger partial charge in [-0.15, -0.1) is 0 Å². The van der Waals surface area contributed by atoms with Gasteiger partial charge in [-0.2, -0.15) is 0 Å². The smallest absolute Gasteiger partial charge is 0.338 e. The van der Waals surface area contributed by atoms with Crippen molar-refractivity contribution in [2.45, 2.75) is 63.9 Å². The molecule has 2 unspecified atom stereocenters. The lowest BCUT2D eigenvalue weighted by molar-refractivity contribution is -0.150. The average Bonchev–Trinajstić information content (AvgIpc) is 2.92. The minimum Gasteiger partial charge on any atom is -0.462 e. The number of hydrogen-bond acceptors (Lipinski definition) is 7. The highest BCUT2D eigenvalue weighted by Crippen LogP contribution is 2.27. The van der Waals surface area contributed by atoms with Crippen LogP contribution < -0.4 is 10.0 Å². The first-order valence-corrected chi connectivity index (χ1v) is 14.7. The second-order valence-electron chi connectivity index (χ2n) is 9.45. The highest BCUT2D eigenvalue weighted by Gasteiger charge is 2.48. The predicted molar refractivity (Wildman–Crippen MR) is 145 cm³/mol. The maximum absolute atomic E-state index is 13.0. The molecule has 0 saturated carbocycles. The van der Waals surface area contributed by atoms with Crippen molar-refractivity contribution in [2.24, 2.45) is 0 Å². The Morgan fingerprint density at radius 3 is 2.30 bits per heavy atom. The van der Waals surface area contributed by atoms with Crippen molar-refractivity contribution in [3.8, 4) is 0 Å². The van der Waals surface area contributed by atoms with Crippen molar-refractivity contribution in [3.05, 3.63) is 71.0 Å². The average molecular weight is 576 g/mol. The van der Waals surface area contributed by atoms with Gasteiger partial charge in [-0.25, -0.2) is 22.3 Å². The first-order valence-electron chi connectivity index (χ1n) is 13.2. The Hall–Kier alpha value is -3.64. The minimum absolute atomic E-state index is 0.0474. The lowest BCUT2D eigenvalue weighted by Gasteiger charge is -2.42. The van der Waals surface area contributed by atoms with E-state index in [4.69, 9.17) is 4.74 Å². The maximum Gasteiger partial charge on any atom is 0.338 e. The van der Waals surface area contributed by atoms with E-state index in [9.17, 15) is 32.0 Å². The van der Waals surface area contributed by atoms with Crippen molar-refractivity contribution in [3.63, 3.8) is 0 Å². The molecule has 12 heteroatoms. The molecule has 2 amide bonds. The number of nitrogens with zero attached hydrogens (tertiary/aromatic N) is 1. The van der Waals surface area contributed by atoms with Crippen molar-refractivity contribution >= 4 is 33.6 Å². The van der Waals surface area contributed by atoms with E-state index >= 15 is 0 Å². The normalized spacial score (nSPS) is 15.7. The summed E-state index contributed by atoms with van der Waals surface area (Å²) in [7, 11) is -3.95. The van der Waals surface area contributed by atoms with Gasteiger partial charge in [0, 0.05) is 25.1 Å². The molecule has 10 nitrogen and oxygen atoms in total. The third kappa shape index (κ3) is 8.18. The Bertz CT molecular complexity index is 1310. The molecule has 0 spiro atoms. The van der Waals surface area contributed by atoms with E-state index in [0.29, 0.717) is 48.9 Å². The van der Waals surface area contributed by atoms with Crippen molar-refractivity contribution in [2.75, 3.05) is 13.2 Å². The van der Waals surface area contributed by atoms with Crippen LogP contribution in [0.25, 0.3) is 0 Å². The Labute approximate surface area is 233 Å². The monoisotopic (exact) mass is 575 g/mol. The summed E-state index contributed by atoms with van der Waals surface area (Å²) >= 11 is 0. The van der Waals surface area contributed by atoms with Gasteiger partial charge in [0.25, 0.3) is 0 Å². The fourth-order valence-corrected chi connectivity index (χ4v) is 5.75. The number of sulfonamides is 1. The van der Waals surface area contributed by atoms with Crippen molar-refractivity contribution in [1.82, 2.24) is 14.9 Å². The van der Waals surface area contributed by atoms with Crippen molar-refractivity contribution in [1.29, 1.82) is 0 Å². The quantitative estimate of drug-likeness (QED) is 0.144. The highest BCUT2D eigenvalue weighted by molar-refractivity contribution is 7.90. The number of hydrogen-bond donors (Lipinski definition) is 2. The number of likely N-dealkylation sites (tertiary alicyclic amines) is 1. The van der Waals surface area contributed by atoms with E-state index in [1.807, 2.05) is 0 Å². The van der Waals surface area contributed by atoms with E-state index in [-0.39, 0.29) is 25.4 Å². The fourth-order valence-electron chi connectivity index (χ4n) is 4.23. The van der Waals surface area contributed by atoms with Gasteiger partial charge in [0.05, 0.1) is 18.6 Å². The van der Waals surface area contributed by atoms with Gasteiger partial charge < -0.3 is 15.0 Å². The zero-order chi connectivity index (χ0) is 29.3. The molecule has 2 aromatic carbocycles. The van der Waals surface area contributed by atoms with Crippen LogP contribution in [0, 0.1) is 5.82 Å². The van der Waals surface area contributed by atoms with E-state index in [1.165, 1.54) is 43.3 Å². The molecule has 1 aliphatic rings. The number of unbranched alkanes of at least 4 members (excludes halogenated alkanes) is 2. The van der Waals surface area contributed by atoms with Gasteiger partial charge in [-0.3, -0.25) is 14.4 Å². The first kappa shape index (κ1) is 30.9. The molecule has 2 aromatic rings. The third-order valence-electron chi connectivity index (χ3n) is 6.59.